The van der Waals surface area contributed by atoms with Crippen LogP contribution in [0.4, 0.5) is 5.69 Å². The number of benzene rings is 3. The van der Waals surface area contributed by atoms with Crippen molar-refractivity contribution in [1.29, 1.82) is 0 Å². The predicted octanol–water partition coefficient (Wildman–Crippen LogP) is 6.37. The van der Waals surface area contributed by atoms with Gasteiger partial charge in [-0.15, -0.1) is 0 Å². The van der Waals surface area contributed by atoms with Crippen molar-refractivity contribution in [2.45, 2.75) is 102 Å². The Morgan fingerprint density at radius 3 is 2.24 bits per heavy atom. The van der Waals surface area contributed by atoms with E-state index in [9.17, 15) is 19.8 Å². The number of rotatable bonds is 14. The number of aliphatic hydroxyl groups is 2. The van der Waals surface area contributed by atoms with E-state index in [0.717, 1.165) is 48.1 Å². The van der Waals surface area contributed by atoms with Crippen LogP contribution in [0.1, 0.15) is 98.7 Å². The van der Waals surface area contributed by atoms with E-state index >= 15 is 0 Å². The van der Waals surface area contributed by atoms with Gasteiger partial charge in [0, 0.05) is 75.3 Å². The van der Waals surface area contributed by atoms with Gasteiger partial charge in [-0.1, -0.05) is 87.9 Å². The van der Waals surface area contributed by atoms with E-state index in [4.69, 9.17) is 9.57 Å². The summed E-state index contributed by atoms with van der Waals surface area (Å²) < 4.78 is 6.36. The van der Waals surface area contributed by atoms with Crippen LogP contribution in [-0.2, 0) is 14.4 Å². The number of carbonyl (C=O) groups excluding carboxylic acids is 2. The van der Waals surface area contributed by atoms with E-state index in [1.165, 1.54) is 6.42 Å². The van der Waals surface area contributed by atoms with Gasteiger partial charge in [0.2, 0.25) is 5.91 Å². The van der Waals surface area contributed by atoms with Crippen LogP contribution in [0.5, 0.6) is 0 Å². The second kappa shape index (κ2) is 17.8. The molecule has 4 aliphatic carbocycles. The number of aliphatic hydroxyl groups excluding tert-OH is 2. The van der Waals surface area contributed by atoms with Crippen LogP contribution in [0.3, 0.4) is 0 Å². The molecule has 58 heavy (non-hydrogen) atoms. The smallest absolute Gasteiger partial charge is 0.251 e. The summed E-state index contributed by atoms with van der Waals surface area (Å²) in [5, 5.41) is 29.9. The number of fused-ring (bicyclic) bond motifs is 2. The van der Waals surface area contributed by atoms with Gasteiger partial charge in [-0.2, -0.15) is 5.06 Å². The lowest BCUT2D eigenvalue weighted by Crippen LogP contribution is -2.62. The molecule has 0 aromatic heterocycles. The summed E-state index contributed by atoms with van der Waals surface area (Å²) in [7, 11) is 5.72. The number of carbonyl (C=O) groups is 2. The van der Waals surface area contributed by atoms with Crippen molar-refractivity contribution < 1.29 is 29.4 Å². The fraction of sp³-hybridized carbons (Fsp3) is 0.583. The summed E-state index contributed by atoms with van der Waals surface area (Å²) in [5.74, 6) is 0.645. The predicted molar refractivity (Wildman–Crippen MR) is 227 cm³/mol. The maximum Gasteiger partial charge on any atom is 0.251 e. The Kier molecular flexibility index (Phi) is 13.0. The number of hydroxylamine groups is 2. The number of hydrogen-bond acceptors (Lipinski definition) is 8. The van der Waals surface area contributed by atoms with Crippen LogP contribution >= 0.6 is 0 Å². The third kappa shape index (κ3) is 8.46. The van der Waals surface area contributed by atoms with Crippen LogP contribution in [0, 0.1) is 35.0 Å². The highest BCUT2D eigenvalue weighted by atomic mass is 16.7. The molecular formula is C48H66N4O6. The topological polar surface area (TPSA) is 124 Å². The number of amides is 2. The highest BCUT2D eigenvalue weighted by Gasteiger charge is 2.57. The molecule has 11 atom stereocenters. The van der Waals surface area contributed by atoms with Crippen molar-refractivity contribution in [1.82, 2.24) is 15.7 Å². The van der Waals surface area contributed by atoms with Gasteiger partial charge in [-0.3, -0.25) is 14.4 Å². The Morgan fingerprint density at radius 1 is 1.00 bits per heavy atom. The molecule has 3 unspecified atom stereocenters. The monoisotopic (exact) mass is 794 g/mol. The van der Waals surface area contributed by atoms with E-state index in [1.807, 2.05) is 67.5 Å². The Labute approximate surface area is 345 Å². The summed E-state index contributed by atoms with van der Waals surface area (Å²) in [4.78, 5) is 36.9. The second-order valence-corrected chi connectivity index (χ2v) is 18.5. The van der Waals surface area contributed by atoms with Crippen molar-refractivity contribution in [3.05, 3.63) is 101 Å². The van der Waals surface area contributed by atoms with Gasteiger partial charge in [0.1, 0.15) is 12.1 Å². The molecule has 0 spiro atoms. The second-order valence-electron chi connectivity index (χ2n) is 18.5. The summed E-state index contributed by atoms with van der Waals surface area (Å²) in [6.07, 6.45) is 3.08. The maximum absolute atomic E-state index is 14.4. The lowest BCUT2D eigenvalue weighted by atomic mass is 9.45. The Bertz CT molecular complexity index is 1820. The SMILES string of the molecule is COC1C(CN2O[C@@H](CO)[C@H]([C@H](C)O)[C@H]2C(=O)N[C@H]2C[C@H]3C[C@@H]([C@@H]2C)C3(C)C)CCCC1c1cc(C(=O)NCC(c2ccccc2)c2ccccc2)cc(N(C)C)c1. The number of nitrogens with zero attached hydrogens (tertiary/aromatic N) is 2. The van der Waals surface area contributed by atoms with Crippen LogP contribution in [0.25, 0.3) is 0 Å². The summed E-state index contributed by atoms with van der Waals surface area (Å²) in [6, 6.07) is 26.0. The van der Waals surface area contributed by atoms with Gasteiger partial charge in [0.05, 0.1) is 18.8 Å². The molecule has 8 rings (SSSR count). The average molecular weight is 795 g/mol. The number of methoxy groups -OCH3 is 1. The molecule has 1 saturated heterocycles. The van der Waals surface area contributed by atoms with E-state index in [-0.39, 0.29) is 48.3 Å². The molecule has 10 heteroatoms. The van der Waals surface area contributed by atoms with Gasteiger partial charge in [0.25, 0.3) is 5.91 Å². The molecule has 4 saturated carbocycles. The zero-order valence-electron chi connectivity index (χ0n) is 35.5. The molecule has 4 N–H and O–H groups in total. The van der Waals surface area contributed by atoms with Crippen LogP contribution in [0.15, 0.2) is 78.9 Å². The zero-order chi connectivity index (χ0) is 41.3. The fourth-order valence-electron chi connectivity index (χ4n) is 11.2. The van der Waals surface area contributed by atoms with Gasteiger partial charge in [-0.25, -0.2) is 0 Å². The average Bonchev–Trinajstić information content (AvgIpc) is 3.60. The van der Waals surface area contributed by atoms with Crippen molar-refractivity contribution in [3.63, 3.8) is 0 Å². The molecule has 3 aromatic rings. The summed E-state index contributed by atoms with van der Waals surface area (Å²) in [6.45, 7) is 9.22. The zero-order valence-corrected chi connectivity index (χ0v) is 35.5. The quantitative estimate of drug-likeness (QED) is 0.149. The van der Waals surface area contributed by atoms with Crippen molar-refractivity contribution in [3.8, 4) is 0 Å². The third-order valence-corrected chi connectivity index (χ3v) is 14.7. The molecule has 3 aromatic carbocycles. The van der Waals surface area contributed by atoms with Gasteiger partial charge < -0.3 is 30.5 Å². The van der Waals surface area contributed by atoms with E-state index in [1.54, 1.807) is 19.1 Å². The molecule has 2 amide bonds. The highest BCUT2D eigenvalue weighted by molar-refractivity contribution is 5.95. The van der Waals surface area contributed by atoms with Crippen LogP contribution in [-0.4, -0.2) is 98.4 Å². The standard InChI is InChI=1S/C48H66N4O6/c1-29-40-24-36(48(40,3)4)25-41(29)50-47(56)44-43(30(2)54)42(28-53)58-52(44)27-33-19-14-20-38(45(33)57-7)34-21-35(23-37(22-34)51(5)6)46(55)49-26-39(31-15-10-8-11-16-31)32-17-12-9-13-18-32/h8-13,15-18,21-23,29-30,33,36,38-45,53-54H,14,19-20,24-28H2,1-7H3,(H,49,55)(H,50,56)/t29-,30-,33?,36+,38?,40-,41-,42-,43-,44-,45?/m0/s1. The molecule has 1 aliphatic heterocycles. The molecule has 10 nitrogen and oxygen atoms in total. The van der Waals surface area contributed by atoms with Crippen molar-refractivity contribution >= 4 is 17.5 Å². The van der Waals surface area contributed by atoms with Crippen LogP contribution in [0.2, 0.25) is 0 Å². The molecular weight excluding hydrogens is 729 g/mol. The van der Waals surface area contributed by atoms with Gasteiger partial charge >= 0.3 is 0 Å². The summed E-state index contributed by atoms with van der Waals surface area (Å²) >= 11 is 0. The molecule has 0 radical (unpaired) electrons. The Morgan fingerprint density at radius 2 is 1.67 bits per heavy atom. The number of anilines is 1. The van der Waals surface area contributed by atoms with E-state index in [2.05, 4.69) is 61.7 Å². The molecule has 2 bridgehead atoms. The number of hydrogen-bond donors (Lipinski definition) is 4. The first-order chi connectivity index (χ1) is 27.8. The minimum Gasteiger partial charge on any atom is -0.394 e. The first-order valence-electron chi connectivity index (χ1n) is 21.6. The summed E-state index contributed by atoms with van der Waals surface area (Å²) in [5.41, 5.74) is 5.15. The fourth-order valence-corrected chi connectivity index (χ4v) is 11.2. The van der Waals surface area contributed by atoms with E-state index in [0.29, 0.717) is 41.8 Å². The first-order valence-corrected chi connectivity index (χ1v) is 21.6. The lowest BCUT2D eigenvalue weighted by molar-refractivity contribution is -0.190. The Balaban J connectivity index is 1.10. The number of nitrogens with one attached hydrogen (secondary N) is 2. The van der Waals surface area contributed by atoms with Gasteiger partial charge in [-0.05, 0) is 90.7 Å². The molecule has 5 fully saturated rings. The van der Waals surface area contributed by atoms with Crippen molar-refractivity contribution in [2.75, 3.05) is 45.8 Å². The van der Waals surface area contributed by atoms with Gasteiger partial charge in [0.15, 0.2) is 0 Å². The van der Waals surface area contributed by atoms with Crippen molar-refractivity contribution in [2.24, 2.45) is 35.0 Å². The minimum absolute atomic E-state index is 0.00113. The first kappa shape index (κ1) is 42.3. The minimum atomic E-state index is -0.861. The third-order valence-electron chi connectivity index (χ3n) is 14.7. The largest absolute Gasteiger partial charge is 0.394 e. The molecule has 314 valence electrons. The maximum atomic E-state index is 14.4. The molecule has 5 aliphatic rings. The Hall–Kier alpha value is -3.80. The number of ether oxygens (including phenoxy) is 1. The lowest BCUT2D eigenvalue weighted by Gasteiger charge is -2.62. The normalized spacial score (nSPS) is 31.0. The highest BCUT2D eigenvalue weighted by Crippen LogP contribution is 2.61. The van der Waals surface area contributed by atoms with E-state index < -0.39 is 24.2 Å². The van der Waals surface area contributed by atoms with Crippen LogP contribution < -0.4 is 15.5 Å². The molecule has 1 heterocycles.